The molecule has 2 aliphatic rings. The van der Waals surface area contributed by atoms with Gasteiger partial charge in [0.2, 0.25) is 5.95 Å². The molecule has 0 unspecified atom stereocenters. The molecule has 3 aromatic heterocycles. The van der Waals surface area contributed by atoms with E-state index >= 15 is 0 Å². The van der Waals surface area contributed by atoms with Gasteiger partial charge in [-0.1, -0.05) is 0 Å². The molecule has 5 heterocycles. The SMILES string of the molecule is O=C(Nc1ccc(-c2nc(-c3ccc(CN4CCOCC4)s3)nc(N3CCOCC3)n2)cc1)Nn1cnnc1. The summed E-state index contributed by atoms with van der Waals surface area (Å²) in [6, 6.07) is 11.2. The van der Waals surface area contributed by atoms with E-state index in [9.17, 15) is 4.79 Å². The van der Waals surface area contributed by atoms with Crippen LogP contribution in [-0.2, 0) is 16.0 Å². The van der Waals surface area contributed by atoms with Gasteiger partial charge < -0.3 is 19.7 Å². The Hall–Kier alpha value is -3.98. The van der Waals surface area contributed by atoms with Gasteiger partial charge in [-0.2, -0.15) is 9.97 Å². The summed E-state index contributed by atoms with van der Waals surface area (Å²) >= 11 is 1.71. The average molecular weight is 549 g/mol. The lowest BCUT2D eigenvalue weighted by atomic mass is 10.2. The lowest BCUT2D eigenvalue weighted by Crippen LogP contribution is -2.37. The Morgan fingerprint density at radius 3 is 2.28 bits per heavy atom. The number of hydrogen-bond acceptors (Lipinski definition) is 11. The number of benzene rings is 1. The molecule has 4 aromatic rings. The van der Waals surface area contributed by atoms with Gasteiger partial charge >= 0.3 is 6.03 Å². The minimum Gasteiger partial charge on any atom is -0.379 e. The standard InChI is InChI=1S/C25H28N10O3S/c36-25(32-35-16-26-27-17-35)28-19-3-1-18(2-4-19)22-29-23(31-24(30-22)34-9-13-38-14-10-34)21-6-5-20(39-21)15-33-7-11-37-12-8-33/h1-6,16-17H,7-15H2,(H2,28,32,36). The first-order valence-electron chi connectivity index (χ1n) is 12.7. The molecule has 14 heteroatoms. The zero-order valence-corrected chi connectivity index (χ0v) is 22.0. The van der Waals surface area contributed by atoms with Crippen molar-refractivity contribution in [2.45, 2.75) is 6.54 Å². The zero-order valence-electron chi connectivity index (χ0n) is 21.2. The number of rotatable bonds is 7. The Morgan fingerprint density at radius 1 is 0.846 bits per heavy atom. The minimum atomic E-state index is -0.412. The van der Waals surface area contributed by atoms with Crippen LogP contribution in [0.25, 0.3) is 22.1 Å². The fourth-order valence-corrected chi connectivity index (χ4v) is 5.29. The summed E-state index contributed by atoms with van der Waals surface area (Å²) in [5.41, 5.74) is 4.04. The summed E-state index contributed by atoms with van der Waals surface area (Å²) in [5, 5.41) is 10.1. The van der Waals surface area contributed by atoms with Crippen molar-refractivity contribution in [2.75, 3.05) is 68.2 Å². The number of hydrogen-bond donors (Lipinski definition) is 2. The molecular weight excluding hydrogens is 520 g/mol. The van der Waals surface area contributed by atoms with E-state index in [0.29, 0.717) is 36.5 Å². The third-order valence-corrected chi connectivity index (χ3v) is 7.40. The fourth-order valence-electron chi connectivity index (χ4n) is 4.31. The number of thiophene rings is 1. The molecule has 0 saturated carbocycles. The van der Waals surface area contributed by atoms with Crippen molar-refractivity contribution in [1.29, 1.82) is 0 Å². The maximum atomic E-state index is 12.2. The first-order valence-corrected chi connectivity index (χ1v) is 13.5. The Bertz CT molecular complexity index is 1380. The van der Waals surface area contributed by atoms with Gasteiger partial charge in [0.05, 0.1) is 31.3 Å². The van der Waals surface area contributed by atoms with Gasteiger partial charge in [-0.25, -0.2) is 19.9 Å². The summed E-state index contributed by atoms with van der Waals surface area (Å²) in [7, 11) is 0. The van der Waals surface area contributed by atoms with Crippen molar-refractivity contribution in [3.05, 3.63) is 53.9 Å². The van der Waals surface area contributed by atoms with Crippen molar-refractivity contribution in [3.8, 4) is 22.1 Å². The summed E-state index contributed by atoms with van der Waals surface area (Å²) in [6.45, 7) is 7.04. The van der Waals surface area contributed by atoms with Crippen LogP contribution in [0.2, 0.25) is 0 Å². The molecule has 2 fully saturated rings. The van der Waals surface area contributed by atoms with E-state index in [1.807, 2.05) is 24.3 Å². The van der Waals surface area contributed by atoms with E-state index in [-0.39, 0.29) is 0 Å². The highest BCUT2D eigenvalue weighted by molar-refractivity contribution is 7.15. The van der Waals surface area contributed by atoms with E-state index in [1.54, 1.807) is 11.3 Å². The molecule has 0 spiro atoms. The molecule has 2 aliphatic heterocycles. The second kappa shape index (κ2) is 11.8. The number of carbonyl (C=O) groups is 1. The quantitative estimate of drug-likeness (QED) is 0.354. The topological polar surface area (TPSA) is 135 Å². The highest BCUT2D eigenvalue weighted by atomic mass is 32.1. The van der Waals surface area contributed by atoms with Crippen LogP contribution < -0.4 is 15.6 Å². The molecule has 13 nitrogen and oxygen atoms in total. The molecule has 39 heavy (non-hydrogen) atoms. The zero-order chi connectivity index (χ0) is 26.4. The predicted molar refractivity (Wildman–Crippen MR) is 146 cm³/mol. The average Bonchev–Trinajstić information content (AvgIpc) is 3.67. The summed E-state index contributed by atoms with van der Waals surface area (Å²) in [4.78, 5) is 33.5. The maximum Gasteiger partial charge on any atom is 0.338 e. The number of nitrogens with zero attached hydrogens (tertiary/aromatic N) is 8. The third kappa shape index (κ3) is 6.37. The van der Waals surface area contributed by atoms with Gasteiger partial charge in [0.1, 0.15) is 12.7 Å². The van der Waals surface area contributed by atoms with Gasteiger partial charge in [-0.15, -0.1) is 21.5 Å². The molecule has 2 saturated heterocycles. The van der Waals surface area contributed by atoms with Crippen LogP contribution in [-0.4, -0.2) is 93.4 Å². The number of anilines is 2. The molecule has 2 N–H and O–H groups in total. The monoisotopic (exact) mass is 548 g/mol. The smallest absolute Gasteiger partial charge is 0.338 e. The normalized spacial score (nSPS) is 16.3. The van der Waals surface area contributed by atoms with Crippen LogP contribution in [0, 0.1) is 0 Å². The van der Waals surface area contributed by atoms with Crippen LogP contribution in [0.4, 0.5) is 16.4 Å². The summed E-state index contributed by atoms with van der Waals surface area (Å²) in [5.74, 6) is 1.86. The molecule has 1 aromatic carbocycles. The Labute approximate surface area is 228 Å². The molecule has 0 atom stereocenters. The van der Waals surface area contributed by atoms with E-state index in [0.717, 1.165) is 56.4 Å². The van der Waals surface area contributed by atoms with Crippen molar-refractivity contribution >= 4 is 29.0 Å². The maximum absolute atomic E-state index is 12.2. The van der Waals surface area contributed by atoms with Gasteiger partial charge in [-0.05, 0) is 36.4 Å². The van der Waals surface area contributed by atoms with Crippen molar-refractivity contribution in [3.63, 3.8) is 0 Å². The Kier molecular flexibility index (Phi) is 7.67. The highest BCUT2D eigenvalue weighted by Gasteiger charge is 2.19. The van der Waals surface area contributed by atoms with E-state index in [2.05, 4.69) is 42.9 Å². The molecule has 0 aliphatic carbocycles. The molecule has 2 amide bonds. The van der Waals surface area contributed by atoms with E-state index in [4.69, 9.17) is 24.4 Å². The van der Waals surface area contributed by atoms with Crippen molar-refractivity contribution < 1.29 is 14.3 Å². The minimum absolute atomic E-state index is 0.412. The van der Waals surface area contributed by atoms with E-state index in [1.165, 1.54) is 22.2 Å². The molecular formula is C25H28N10O3S. The first kappa shape index (κ1) is 25.3. The second-order valence-corrected chi connectivity index (χ2v) is 10.2. The first-order chi connectivity index (χ1) is 19.2. The number of ether oxygens (including phenoxy) is 2. The summed E-state index contributed by atoms with van der Waals surface area (Å²) < 4.78 is 12.4. The highest BCUT2D eigenvalue weighted by Crippen LogP contribution is 2.30. The Morgan fingerprint density at radius 2 is 1.54 bits per heavy atom. The number of morpholine rings is 2. The lowest BCUT2D eigenvalue weighted by molar-refractivity contribution is 0.0346. The van der Waals surface area contributed by atoms with Crippen LogP contribution in [0.1, 0.15) is 4.88 Å². The van der Waals surface area contributed by atoms with Crippen molar-refractivity contribution in [1.82, 2.24) is 34.7 Å². The molecule has 0 bridgehead atoms. The van der Waals surface area contributed by atoms with Gasteiger partial charge in [-0.3, -0.25) is 4.90 Å². The van der Waals surface area contributed by atoms with Gasteiger partial charge in [0.15, 0.2) is 11.6 Å². The largest absolute Gasteiger partial charge is 0.379 e. The second-order valence-electron chi connectivity index (χ2n) is 9.05. The lowest BCUT2D eigenvalue weighted by Gasteiger charge is -2.27. The summed E-state index contributed by atoms with van der Waals surface area (Å²) in [6.07, 6.45) is 2.79. The molecule has 202 valence electrons. The van der Waals surface area contributed by atoms with Crippen LogP contribution >= 0.6 is 11.3 Å². The van der Waals surface area contributed by atoms with Crippen LogP contribution in [0.5, 0.6) is 0 Å². The number of carbonyl (C=O) groups excluding carboxylic acids is 1. The van der Waals surface area contributed by atoms with Crippen LogP contribution in [0.15, 0.2) is 49.1 Å². The third-order valence-electron chi connectivity index (χ3n) is 6.33. The number of amides is 2. The van der Waals surface area contributed by atoms with Gasteiger partial charge in [0, 0.05) is 48.9 Å². The molecule has 0 radical (unpaired) electrons. The van der Waals surface area contributed by atoms with Gasteiger partial charge in [0.25, 0.3) is 0 Å². The Balaban J connectivity index is 1.23. The number of nitrogens with one attached hydrogen (secondary N) is 2. The van der Waals surface area contributed by atoms with Crippen LogP contribution in [0.3, 0.4) is 0 Å². The van der Waals surface area contributed by atoms with E-state index < -0.39 is 6.03 Å². The predicted octanol–water partition coefficient (Wildman–Crippen LogP) is 2.30. The number of urea groups is 1. The van der Waals surface area contributed by atoms with Crippen molar-refractivity contribution in [2.24, 2.45) is 0 Å². The molecule has 6 rings (SSSR count). The number of aromatic nitrogens is 6. The fraction of sp³-hybridized carbons (Fsp3) is 0.360.